The van der Waals surface area contributed by atoms with Crippen molar-refractivity contribution in [2.45, 2.75) is 57.6 Å². The Hall–Kier alpha value is -0.930. The van der Waals surface area contributed by atoms with Gasteiger partial charge in [0, 0.05) is 12.6 Å². The zero-order valence-electron chi connectivity index (χ0n) is 12.4. The first-order valence-corrected chi connectivity index (χ1v) is 7.87. The molecule has 3 heteroatoms. The highest BCUT2D eigenvalue weighted by atomic mass is 19.1. The molecule has 20 heavy (non-hydrogen) atoms. The predicted octanol–water partition coefficient (Wildman–Crippen LogP) is 3.70. The Morgan fingerprint density at radius 2 is 2.10 bits per heavy atom. The van der Waals surface area contributed by atoms with E-state index < -0.39 is 0 Å². The quantitative estimate of drug-likeness (QED) is 0.822. The lowest BCUT2D eigenvalue weighted by Crippen LogP contribution is -2.32. The zero-order valence-corrected chi connectivity index (χ0v) is 12.4. The van der Waals surface area contributed by atoms with E-state index in [1.165, 1.54) is 24.8 Å². The normalized spacial score (nSPS) is 20.8. The minimum atomic E-state index is -0.163. The molecule has 0 bridgehead atoms. The molecule has 0 aromatic heterocycles. The molecule has 1 aromatic rings. The van der Waals surface area contributed by atoms with Crippen LogP contribution in [-0.4, -0.2) is 25.3 Å². The molecule has 1 N–H and O–H groups in total. The molecule has 1 aromatic carbocycles. The van der Waals surface area contributed by atoms with E-state index in [0.29, 0.717) is 12.1 Å². The van der Waals surface area contributed by atoms with Crippen molar-refractivity contribution in [2.24, 2.45) is 0 Å². The summed E-state index contributed by atoms with van der Waals surface area (Å²) in [7, 11) is 0. The third-order valence-corrected chi connectivity index (χ3v) is 4.00. The van der Waals surface area contributed by atoms with Crippen molar-refractivity contribution in [1.29, 1.82) is 0 Å². The maximum atomic E-state index is 12.9. The van der Waals surface area contributed by atoms with E-state index in [1.54, 1.807) is 12.1 Å². The van der Waals surface area contributed by atoms with Crippen LogP contribution in [0.2, 0.25) is 0 Å². The number of halogens is 1. The Bertz CT molecular complexity index is 373. The molecule has 2 unspecified atom stereocenters. The standard InChI is InChI=1S/C17H26FNO/c1-2-19-16(10-11-17-5-3-4-12-20-17)13-14-6-8-15(18)9-7-14/h6-9,16-17,19H,2-5,10-13H2,1H3. The topological polar surface area (TPSA) is 21.3 Å². The Kier molecular flexibility index (Phi) is 6.48. The summed E-state index contributed by atoms with van der Waals surface area (Å²) in [5.41, 5.74) is 1.20. The lowest BCUT2D eigenvalue weighted by molar-refractivity contribution is 0.00860. The Labute approximate surface area is 121 Å². The van der Waals surface area contributed by atoms with Crippen LogP contribution in [0.25, 0.3) is 0 Å². The first-order valence-electron chi connectivity index (χ1n) is 7.87. The molecule has 1 saturated heterocycles. The SMILES string of the molecule is CCNC(CCC1CCCCO1)Cc1ccc(F)cc1. The molecule has 0 aliphatic carbocycles. The number of hydrogen-bond donors (Lipinski definition) is 1. The maximum absolute atomic E-state index is 12.9. The van der Waals surface area contributed by atoms with Gasteiger partial charge in [-0.15, -0.1) is 0 Å². The van der Waals surface area contributed by atoms with Gasteiger partial charge < -0.3 is 10.1 Å². The molecule has 1 fully saturated rings. The van der Waals surface area contributed by atoms with Gasteiger partial charge in [-0.25, -0.2) is 4.39 Å². The average molecular weight is 279 g/mol. The van der Waals surface area contributed by atoms with Crippen molar-refractivity contribution < 1.29 is 9.13 Å². The molecular formula is C17H26FNO. The highest BCUT2D eigenvalue weighted by Gasteiger charge is 2.16. The predicted molar refractivity (Wildman–Crippen MR) is 80.4 cm³/mol. The molecular weight excluding hydrogens is 253 g/mol. The second-order valence-electron chi connectivity index (χ2n) is 5.65. The van der Waals surface area contributed by atoms with Gasteiger partial charge in [-0.3, -0.25) is 0 Å². The Morgan fingerprint density at radius 3 is 2.75 bits per heavy atom. The number of rotatable bonds is 7. The average Bonchev–Trinajstić information content (AvgIpc) is 2.48. The largest absolute Gasteiger partial charge is 0.378 e. The molecule has 0 saturated carbocycles. The third-order valence-electron chi connectivity index (χ3n) is 4.00. The molecule has 0 amide bonds. The van der Waals surface area contributed by atoms with Crippen molar-refractivity contribution in [3.05, 3.63) is 35.6 Å². The van der Waals surface area contributed by atoms with E-state index in [1.807, 2.05) is 12.1 Å². The van der Waals surface area contributed by atoms with Crippen LogP contribution in [-0.2, 0) is 11.2 Å². The Morgan fingerprint density at radius 1 is 1.30 bits per heavy atom. The van der Waals surface area contributed by atoms with Crippen LogP contribution < -0.4 is 5.32 Å². The lowest BCUT2D eigenvalue weighted by Gasteiger charge is -2.25. The van der Waals surface area contributed by atoms with Gasteiger partial charge in [-0.2, -0.15) is 0 Å². The van der Waals surface area contributed by atoms with Crippen LogP contribution in [0.5, 0.6) is 0 Å². The number of likely N-dealkylation sites (N-methyl/N-ethyl adjacent to an activating group) is 1. The van der Waals surface area contributed by atoms with Crippen molar-refractivity contribution in [3.63, 3.8) is 0 Å². The van der Waals surface area contributed by atoms with Gasteiger partial charge in [-0.05, 0) is 62.8 Å². The summed E-state index contributed by atoms with van der Waals surface area (Å²) in [6.07, 6.45) is 7.36. The fraction of sp³-hybridized carbons (Fsp3) is 0.647. The Balaban J connectivity index is 1.81. The van der Waals surface area contributed by atoms with E-state index in [4.69, 9.17) is 4.74 Å². The van der Waals surface area contributed by atoms with Crippen molar-refractivity contribution in [2.75, 3.05) is 13.2 Å². The van der Waals surface area contributed by atoms with Crippen LogP contribution in [0.15, 0.2) is 24.3 Å². The van der Waals surface area contributed by atoms with Gasteiger partial charge in [0.15, 0.2) is 0 Å². The van der Waals surface area contributed by atoms with Crippen molar-refractivity contribution >= 4 is 0 Å². The monoisotopic (exact) mass is 279 g/mol. The molecule has 2 atom stereocenters. The molecule has 2 rings (SSSR count). The van der Waals surface area contributed by atoms with E-state index in [9.17, 15) is 4.39 Å². The molecule has 0 spiro atoms. The van der Waals surface area contributed by atoms with E-state index in [2.05, 4.69) is 12.2 Å². The van der Waals surface area contributed by atoms with Gasteiger partial charge in [-0.1, -0.05) is 19.1 Å². The fourth-order valence-corrected chi connectivity index (χ4v) is 2.89. The minimum absolute atomic E-state index is 0.163. The zero-order chi connectivity index (χ0) is 14.2. The summed E-state index contributed by atoms with van der Waals surface area (Å²) in [6.45, 7) is 4.03. The molecule has 1 aliphatic rings. The second-order valence-corrected chi connectivity index (χ2v) is 5.65. The lowest BCUT2D eigenvalue weighted by atomic mass is 9.97. The summed E-state index contributed by atoms with van der Waals surface area (Å²) in [6, 6.07) is 7.31. The van der Waals surface area contributed by atoms with Crippen LogP contribution in [0.4, 0.5) is 4.39 Å². The molecule has 2 nitrogen and oxygen atoms in total. The van der Waals surface area contributed by atoms with E-state index in [-0.39, 0.29) is 5.82 Å². The maximum Gasteiger partial charge on any atom is 0.123 e. The van der Waals surface area contributed by atoms with Crippen molar-refractivity contribution in [3.8, 4) is 0 Å². The van der Waals surface area contributed by atoms with Gasteiger partial charge in [0.1, 0.15) is 5.82 Å². The number of ether oxygens (including phenoxy) is 1. The molecule has 1 aliphatic heterocycles. The van der Waals surface area contributed by atoms with Crippen molar-refractivity contribution in [1.82, 2.24) is 5.32 Å². The van der Waals surface area contributed by atoms with Crippen LogP contribution in [0, 0.1) is 5.82 Å². The summed E-state index contributed by atoms with van der Waals surface area (Å²) in [4.78, 5) is 0. The van der Waals surface area contributed by atoms with E-state index in [0.717, 1.165) is 32.4 Å². The van der Waals surface area contributed by atoms with Gasteiger partial charge >= 0.3 is 0 Å². The first-order chi connectivity index (χ1) is 9.78. The summed E-state index contributed by atoms with van der Waals surface area (Å²) >= 11 is 0. The summed E-state index contributed by atoms with van der Waals surface area (Å²) in [5, 5.41) is 3.54. The van der Waals surface area contributed by atoms with Gasteiger partial charge in [0.25, 0.3) is 0 Å². The van der Waals surface area contributed by atoms with Gasteiger partial charge in [0.05, 0.1) is 6.10 Å². The third kappa shape index (κ3) is 5.22. The molecule has 1 heterocycles. The van der Waals surface area contributed by atoms with Crippen LogP contribution in [0.1, 0.15) is 44.6 Å². The minimum Gasteiger partial charge on any atom is -0.378 e. The first kappa shape index (κ1) is 15.5. The fourth-order valence-electron chi connectivity index (χ4n) is 2.89. The summed E-state index contributed by atoms with van der Waals surface area (Å²) < 4.78 is 18.7. The smallest absolute Gasteiger partial charge is 0.123 e. The molecule has 112 valence electrons. The van der Waals surface area contributed by atoms with Crippen LogP contribution >= 0.6 is 0 Å². The highest BCUT2D eigenvalue weighted by Crippen LogP contribution is 2.19. The number of benzene rings is 1. The highest BCUT2D eigenvalue weighted by molar-refractivity contribution is 5.17. The van der Waals surface area contributed by atoms with Gasteiger partial charge in [0.2, 0.25) is 0 Å². The number of nitrogens with one attached hydrogen (secondary N) is 1. The number of hydrogen-bond acceptors (Lipinski definition) is 2. The summed E-state index contributed by atoms with van der Waals surface area (Å²) in [5.74, 6) is -0.163. The van der Waals surface area contributed by atoms with Crippen LogP contribution in [0.3, 0.4) is 0 Å². The molecule has 0 radical (unpaired) electrons. The second kappa shape index (κ2) is 8.38. The van der Waals surface area contributed by atoms with E-state index >= 15 is 0 Å².